The summed E-state index contributed by atoms with van der Waals surface area (Å²) in [7, 11) is -3.99. The van der Waals surface area contributed by atoms with Crippen molar-refractivity contribution in [2.45, 2.75) is 42.3 Å². The van der Waals surface area contributed by atoms with Crippen LogP contribution >= 0.6 is 0 Å². The van der Waals surface area contributed by atoms with Crippen molar-refractivity contribution in [1.29, 1.82) is 0 Å². The first-order valence-electron chi connectivity index (χ1n) is 11.9. The molecule has 39 heavy (non-hydrogen) atoms. The maximum Gasteiger partial charge on any atom is 0.573 e. The Kier molecular flexibility index (Phi) is 7.03. The van der Waals surface area contributed by atoms with Crippen LogP contribution < -0.4 is 15.4 Å². The topological polar surface area (TPSA) is 141 Å². The average Bonchev–Trinajstić information content (AvgIpc) is 3.52. The van der Waals surface area contributed by atoms with Gasteiger partial charge < -0.3 is 29.7 Å². The summed E-state index contributed by atoms with van der Waals surface area (Å²) in [6.45, 7) is 0.0590. The average molecular weight is 573 g/mol. The van der Waals surface area contributed by atoms with Gasteiger partial charge in [0.25, 0.3) is 5.89 Å². The molecular weight excluding hydrogens is 548 g/mol. The molecule has 0 radical (unpaired) electrons. The third-order valence-corrected chi connectivity index (χ3v) is 8.42. The summed E-state index contributed by atoms with van der Waals surface area (Å²) in [6.07, 6.45) is -3.76. The smallest absolute Gasteiger partial charge is 0.406 e. The number of nitrogens with two attached hydrogens (primary N) is 1. The van der Waals surface area contributed by atoms with Crippen LogP contribution in [0.4, 0.5) is 23.2 Å². The van der Waals surface area contributed by atoms with Gasteiger partial charge in [0.1, 0.15) is 11.6 Å². The van der Waals surface area contributed by atoms with E-state index < -0.39 is 51.8 Å². The Morgan fingerprint density at radius 1 is 1.23 bits per heavy atom. The molecule has 0 spiro atoms. The van der Waals surface area contributed by atoms with Gasteiger partial charge in [-0.3, -0.25) is 0 Å². The van der Waals surface area contributed by atoms with Gasteiger partial charge >= 0.3 is 6.36 Å². The fourth-order valence-electron chi connectivity index (χ4n) is 4.76. The number of nitrogens with zero attached hydrogens (tertiary/aromatic N) is 3. The summed E-state index contributed by atoms with van der Waals surface area (Å²) in [5.41, 5.74) is 5.38. The lowest BCUT2D eigenvalue weighted by atomic mass is 10.0. The van der Waals surface area contributed by atoms with E-state index >= 15 is 4.39 Å². The van der Waals surface area contributed by atoms with Crippen molar-refractivity contribution >= 4 is 15.5 Å². The number of hydrogen-bond acceptors (Lipinski definition) is 10. The predicted octanol–water partition coefficient (Wildman–Crippen LogP) is 2.89. The first kappa shape index (κ1) is 27.3. The number of halogens is 4. The molecule has 2 aliphatic rings. The molecule has 210 valence electrons. The maximum atomic E-state index is 15.3. The summed E-state index contributed by atoms with van der Waals surface area (Å²) in [5.74, 6) is -1.96. The van der Waals surface area contributed by atoms with E-state index in [-0.39, 0.29) is 41.0 Å². The minimum atomic E-state index is -4.84. The van der Waals surface area contributed by atoms with E-state index in [1.165, 1.54) is 18.2 Å². The van der Waals surface area contributed by atoms with Gasteiger partial charge in [0.05, 0.1) is 28.5 Å². The van der Waals surface area contributed by atoms with Gasteiger partial charge in [-0.1, -0.05) is 17.3 Å². The number of aromatic nitrogens is 2. The lowest BCUT2D eigenvalue weighted by Crippen LogP contribution is -2.39. The number of rotatable bonds is 6. The quantitative estimate of drug-likeness (QED) is 0.424. The summed E-state index contributed by atoms with van der Waals surface area (Å²) in [4.78, 5) is 5.55. The highest BCUT2D eigenvalue weighted by Gasteiger charge is 2.42. The molecule has 3 aromatic rings. The number of sulfone groups is 1. The minimum absolute atomic E-state index is 0.0282. The van der Waals surface area contributed by atoms with Crippen LogP contribution in [0.1, 0.15) is 24.3 Å². The molecule has 0 aliphatic carbocycles. The second-order valence-corrected chi connectivity index (χ2v) is 11.4. The van der Waals surface area contributed by atoms with Gasteiger partial charge in [-0.2, -0.15) is 4.98 Å². The molecule has 15 heteroatoms. The van der Waals surface area contributed by atoms with Crippen molar-refractivity contribution in [3.63, 3.8) is 0 Å². The first-order valence-corrected chi connectivity index (χ1v) is 13.6. The number of ether oxygens (including phenoxy) is 2. The Bertz CT molecular complexity index is 1460. The van der Waals surface area contributed by atoms with Crippen molar-refractivity contribution in [3.05, 3.63) is 53.7 Å². The van der Waals surface area contributed by atoms with Crippen molar-refractivity contribution in [3.8, 4) is 17.1 Å². The normalized spacial score (nSPS) is 22.9. The highest BCUT2D eigenvalue weighted by molar-refractivity contribution is 7.91. The van der Waals surface area contributed by atoms with Crippen LogP contribution in [0.25, 0.3) is 11.4 Å². The summed E-state index contributed by atoms with van der Waals surface area (Å²) >= 11 is 0. The molecule has 2 atom stereocenters. The number of benzene rings is 2. The van der Waals surface area contributed by atoms with Gasteiger partial charge in [-0.15, -0.1) is 13.2 Å². The fraction of sp³-hybridized carbons (Fsp3) is 0.417. The van der Waals surface area contributed by atoms with Gasteiger partial charge in [0, 0.05) is 25.7 Å². The highest BCUT2D eigenvalue weighted by atomic mass is 32.2. The van der Waals surface area contributed by atoms with Crippen LogP contribution in [-0.4, -0.2) is 61.6 Å². The minimum Gasteiger partial charge on any atom is -0.406 e. The molecule has 1 aromatic heterocycles. The molecule has 1 unspecified atom stereocenters. The highest BCUT2D eigenvalue weighted by Crippen LogP contribution is 2.39. The standard InChI is InChI=1S/C24H24F4N4O6S/c25-18-9-20-19(8-17(18)21-30-22(38-31-21)23(13-33)6-1-7-36-23)32(11-15(29)12-39(20,34)35)10-14-2-4-16(5-3-14)37-24(26,27)28/h2-5,8-9,15,33H,1,6-7,10-13,29H2/t15-,23?/m1/s1. The predicted molar refractivity (Wildman–Crippen MR) is 128 cm³/mol. The molecule has 10 nitrogen and oxygen atoms in total. The largest absolute Gasteiger partial charge is 0.573 e. The number of aliphatic hydroxyl groups is 1. The van der Waals surface area contributed by atoms with Gasteiger partial charge in [0.15, 0.2) is 15.4 Å². The Labute approximate surface area is 220 Å². The zero-order chi connectivity index (χ0) is 28.0. The number of fused-ring (bicyclic) bond motifs is 1. The van der Waals surface area contributed by atoms with Crippen LogP contribution in [0.15, 0.2) is 45.8 Å². The third-order valence-electron chi connectivity index (χ3n) is 6.56. The van der Waals surface area contributed by atoms with Crippen LogP contribution in [0.2, 0.25) is 0 Å². The van der Waals surface area contributed by atoms with Crippen LogP contribution in [0, 0.1) is 5.82 Å². The molecule has 5 rings (SSSR count). The van der Waals surface area contributed by atoms with Crippen LogP contribution in [-0.2, 0) is 26.7 Å². The van der Waals surface area contributed by atoms with Crippen molar-refractivity contribution < 1.29 is 45.1 Å². The van der Waals surface area contributed by atoms with E-state index in [0.717, 1.165) is 18.2 Å². The number of aliphatic hydroxyl groups excluding tert-OH is 1. The third kappa shape index (κ3) is 5.57. The number of anilines is 1. The fourth-order valence-corrected chi connectivity index (χ4v) is 6.40. The van der Waals surface area contributed by atoms with Gasteiger partial charge in [-0.25, -0.2) is 12.8 Å². The van der Waals surface area contributed by atoms with Crippen molar-refractivity contribution in [1.82, 2.24) is 10.1 Å². The van der Waals surface area contributed by atoms with Gasteiger partial charge in [0.2, 0.25) is 5.82 Å². The first-order chi connectivity index (χ1) is 18.4. The summed E-state index contributed by atoms with van der Waals surface area (Å²) < 4.78 is 93.7. The molecule has 1 saturated heterocycles. The van der Waals surface area contributed by atoms with Crippen molar-refractivity contribution in [2.24, 2.45) is 5.73 Å². The molecule has 3 N–H and O–H groups in total. The SMILES string of the molecule is N[C@@H]1CN(Cc2ccc(OC(F)(F)F)cc2)c2cc(-c3noc(C4(CO)CCCO4)n3)c(F)cc2S(=O)(=O)C1. The molecule has 3 heterocycles. The maximum absolute atomic E-state index is 15.3. The van der Waals surface area contributed by atoms with E-state index in [1.807, 2.05) is 0 Å². The molecule has 0 saturated carbocycles. The molecule has 1 fully saturated rings. The summed E-state index contributed by atoms with van der Waals surface area (Å²) in [5, 5.41) is 13.7. The van der Waals surface area contributed by atoms with E-state index in [0.29, 0.717) is 25.0 Å². The van der Waals surface area contributed by atoms with Gasteiger partial charge in [-0.05, 0) is 42.7 Å². The lowest BCUT2D eigenvalue weighted by molar-refractivity contribution is -0.274. The Morgan fingerprint density at radius 2 is 1.97 bits per heavy atom. The monoisotopic (exact) mass is 572 g/mol. The number of alkyl halides is 3. The van der Waals surface area contributed by atoms with Crippen LogP contribution in [0.3, 0.4) is 0 Å². The molecule has 0 bridgehead atoms. The van der Waals surface area contributed by atoms with E-state index in [4.69, 9.17) is 15.0 Å². The molecular formula is C24H24F4N4O6S. The second kappa shape index (κ2) is 10.0. The van der Waals surface area contributed by atoms with E-state index in [1.54, 1.807) is 4.90 Å². The Morgan fingerprint density at radius 3 is 2.62 bits per heavy atom. The second-order valence-electron chi connectivity index (χ2n) is 9.44. The molecule has 2 aromatic carbocycles. The van der Waals surface area contributed by atoms with Crippen molar-refractivity contribution in [2.75, 3.05) is 30.4 Å². The van der Waals surface area contributed by atoms with Crippen LogP contribution in [0.5, 0.6) is 5.75 Å². The zero-order valence-corrected chi connectivity index (χ0v) is 21.1. The lowest BCUT2D eigenvalue weighted by Gasteiger charge is -2.26. The molecule has 0 amide bonds. The van der Waals surface area contributed by atoms with E-state index in [2.05, 4.69) is 14.9 Å². The summed E-state index contributed by atoms with van der Waals surface area (Å²) in [6, 6.07) is 6.39. The molecule has 2 aliphatic heterocycles. The van der Waals surface area contributed by atoms with E-state index in [9.17, 15) is 26.7 Å². The zero-order valence-electron chi connectivity index (χ0n) is 20.3. The number of hydrogen-bond donors (Lipinski definition) is 2. The Hall–Kier alpha value is -3.27. The Balaban J connectivity index is 1.52.